The van der Waals surface area contributed by atoms with E-state index in [9.17, 15) is 8.42 Å². The van der Waals surface area contributed by atoms with Crippen molar-refractivity contribution in [2.75, 3.05) is 13.1 Å². The van der Waals surface area contributed by atoms with Crippen LogP contribution in [-0.4, -0.2) is 37.9 Å². The minimum Gasteiger partial charge on any atom is -0.314 e. The van der Waals surface area contributed by atoms with E-state index in [2.05, 4.69) is 5.32 Å². The fourth-order valence-electron chi connectivity index (χ4n) is 3.61. The van der Waals surface area contributed by atoms with Gasteiger partial charge in [-0.25, -0.2) is 8.42 Å². The van der Waals surface area contributed by atoms with Crippen molar-refractivity contribution in [3.63, 3.8) is 0 Å². The van der Waals surface area contributed by atoms with Gasteiger partial charge in [-0.05, 0) is 56.6 Å². The molecular formula is C15H22N2O2S2. The van der Waals surface area contributed by atoms with Crippen molar-refractivity contribution in [1.82, 2.24) is 9.62 Å². The van der Waals surface area contributed by atoms with Gasteiger partial charge in [-0.2, -0.15) is 4.31 Å². The van der Waals surface area contributed by atoms with E-state index in [0.717, 1.165) is 32.4 Å². The Morgan fingerprint density at radius 2 is 2.10 bits per heavy atom. The maximum absolute atomic E-state index is 12.8. The third-order valence-corrected chi connectivity index (χ3v) is 8.47. The first-order chi connectivity index (χ1) is 10.1. The second-order valence-corrected chi connectivity index (χ2v) is 9.89. The average Bonchev–Trinajstić information content (AvgIpc) is 2.92. The monoisotopic (exact) mass is 326 g/mol. The van der Waals surface area contributed by atoms with Gasteiger partial charge in [0.25, 0.3) is 10.0 Å². The predicted molar refractivity (Wildman–Crippen MR) is 84.1 cm³/mol. The molecule has 0 aromatic carbocycles. The van der Waals surface area contributed by atoms with Crippen molar-refractivity contribution in [3.8, 4) is 0 Å². The van der Waals surface area contributed by atoms with Crippen LogP contribution in [0, 0.1) is 5.92 Å². The molecule has 4 rings (SSSR count). The number of hydrogen-bond donors (Lipinski definition) is 1. The molecule has 4 nitrogen and oxygen atoms in total. The van der Waals surface area contributed by atoms with E-state index in [1.165, 1.54) is 35.5 Å². The molecule has 1 aliphatic heterocycles. The summed E-state index contributed by atoms with van der Waals surface area (Å²) >= 11 is 1.46. The summed E-state index contributed by atoms with van der Waals surface area (Å²) in [4.78, 5) is 1.17. The molecule has 0 amide bonds. The molecule has 116 valence electrons. The third-order valence-electron chi connectivity index (χ3n) is 4.94. The number of hydrogen-bond acceptors (Lipinski definition) is 4. The van der Waals surface area contributed by atoms with Crippen LogP contribution in [0.5, 0.6) is 0 Å². The molecule has 2 unspecified atom stereocenters. The lowest BCUT2D eigenvalue weighted by Crippen LogP contribution is -2.37. The highest BCUT2D eigenvalue weighted by Gasteiger charge is 2.44. The summed E-state index contributed by atoms with van der Waals surface area (Å²) in [5, 5.41) is 3.48. The molecule has 1 saturated heterocycles. The Bertz CT molecular complexity index is 621. The smallest absolute Gasteiger partial charge is 0.252 e. The van der Waals surface area contributed by atoms with Gasteiger partial charge in [-0.3, -0.25) is 0 Å². The lowest BCUT2D eigenvalue weighted by atomic mass is 10.1. The normalized spacial score (nSPS) is 29.3. The summed E-state index contributed by atoms with van der Waals surface area (Å²) in [5.74, 6) is 0.604. The van der Waals surface area contributed by atoms with Gasteiger partial charge in [-0.1, -0.05) is 0 Å². The van der Waals surface area contributed by atoms with Crippen LogP contribution in [-0.2, 0) is 16.4 Å². The Morgan fingerprint density at radius 3 is 2.76 bits per heavy atom. The van der Waals surface area contributed by atoms with Crippen LogP contribution in [0.4, 0.5) is 0 Å². The Kier molecular flexibility index (Phi) is 3.60. The highest BCUT2D eigenvalue weighted by molar-refractivity contribution is 7.91. The summed E-state index contributed by atoms with van der Waals surface area (Å²) in [6.07, 6.45) is 6.85. The Morgan fingerprint density at radius 1 is 1.24 bits per heavy atom. The van der Waals surface area contributed by atoms with Gasteiger partial charge in [0.05, 0.1) is 0 Å². The average molecular weight is 326 g/mol. The van der Waals surface area contributed by atoms with Crippen molar-refractivity contribution in [1.29, 1.82) is 0 Å². The molecule has 21 heavy (non-hydrogen) atoms. The SMILES string of the molecule is O=S(=O)(c1ccc(CCNC2CC2)s1)N1CC2CCC1C2. The molecule has 2 atom stereocenters. The summed E-state index contributed by atoms with van der Waals surface area (Å²) in [7, 11) is -3.25. The van der Waals surface area contributed by atoms with Crippen LogP contribution < -0.4 is 5.32 Å². The van der Waals surface area contributed by atoms with E-state index < -0.39 is 10.0 Å². The van der Waals surface area contributed by atoms with Crippen LogP contribution in [0.1, 0.15) is 37.0 Å². The second-order valence-electron chi connectivity index (χ2n) is 6.61. The summed E-state index contributed by atoms with van der Waals surface area (Å²) in [5.41, 5.74) is 0. The third kappa shape index (κ3) is 2.79. The second kappa shape index (κ2) is 5.33. The minimum absolute atomic E-state index is 0.266. The number of nitrogens with one attached hydrogen (secondary N) is 1. The van der Waals surface area contributed by atoms with Crippen LogP contribution in [0.15, 0.2) is 16.3 Å². The molecule has 1 aromatic heterocycles. The number of thiophene rings is 1. The number of piperidine rings is 1. The van der Waals surface area contributed by atoms with Gasteiger partial charge in [0, 0.05) is 30.1 Å². The van der Waals surface area contributed by atoms with E-state index in [0.29, 0.717) is 16.2 Å². The summed E-state index contributed by atoms with van der Waals surface area (Å²) in [6, 6.07) is 4.77. The van der Waals surface area contributed by atoms with Crippen molar-refractivity contribution < 1.29 is 8.42 Å². The standard InChI is InChI=1S/C15H22N2O2S2/c18-21(19,17-10-11-1-4-13(17)9-11)15-6-5-14(20-15)7-8-16-12-2-3-12/h5-6,11-13,16H,1-4,7-10H2. The molecule has 2 heterocycles. The molecule has 3 aliphatic rings. The maximum atomic E-state index is 12.8. The topological polar surface area (TPSA) is 49.4 Å². The zero-order chi connectivity index (χ0) is 14.4. The van der Waals surface area contributed by atoms with Crippen LogP contribution in [0.2, 0.25) is 0 Å². The summed E-state index contributed by atoms with van der Waals surface area (Å²) in [6.45, 7) is 1.70. The Balaban J connectivity index is 1.43. The minimum atomic E-state index is -3.25. The molecule has 0 radical (unpaired) electrons. The van der Waals surface area contributed by atoms with Crippen molar-refractivity contribution in [2.45, 2.75) is 54.8 Å². The fraction of sp³-hybridized carbons (Fsp3) is 0.733. The van der Waals surface area contributed by atoms with Gasteiger partial charge < -0.3 is 5.32 Å². The fourth-order valence-corrected chi connectivity index (χ4v) is 6.83. The van der Waals surface area contributed by atoms with Crippen LogP contribution >= 0.6 is 11.3 Å². The van der Waals surface area contributed by atoms with Crippen molar-refractivity contribution in [2.24, 2.45) is 5.92 Å². The first-order valence-electron chi connectivity index (χ1n) is 7.97. The number of nitrogens with zero attached hydrogens (tertiary/aromatic N) is 1. The molecule has 2 aliphatic carbocycles. The van der Waals surface area contributed by atoms with Gasteiger partial charge in [-0.15, -0.1) is 11.3 Å². The van der Waals surface area contributed by atoms with E-state index in [1.54, 1.807) is 10.4 Å². The van der Waals surface area contributed by atoms with Gasteiger partial charge in [0.15, 0.2) is 0 Å². The van der Waals surface area contributed by atoms with E-state index in [1.807, 2.05) is 6.07 Å². The van der Waals surface area contributed by atoms with Gasteiger partial charge in [0.1, 0.15) is 4.21 Å². The lowest BCUT2D eigenvalue weighted by molar-refractivity contribution is 0.334. The number of sulfonamides is 1. The lowest BCUT2D eigenvalue weighted by Gasteiger charge is -2.25. The molecule has 1 N–H and O–H groups in total. The van der Waals surface area contributed by atoms with Gasteiger partial charge in [0.2, 0.25) is 0 Å². The largest absolute Gasteiger partial charge is 0.314 e. The van der Waals surface area contributed by atoms with Crippen molar-refractivity contribution in [3.05, 3.63) is 17.0 Å². The molecule has 1 aromatic rings. The molecule has 0 spiro atoms. The van der Waals surface area contributed by atoms with E-state index >= 15 is 0 Å². The Hall–Kier alpha value is -0.430. The number of fused-ring (bicyclic) bond motifs is 2. The molecule has 2 bridgehead atoms. The molecule has 3 fully saturated rings. The van der Waals surface area contributed by atoms with Crippen LogP contribution in [0.25, 0.3) is 0 Å². The highest BCUT2D eigenvalue weighted by atomic mass is 32.2. The molecule has 2 saturated carbocycles. The van der Waals surface area contributed by atoms with E-state index in [4.69, 9.17) is 0 Å². The zero-order valence-electron chi connectivity index (χ0n) is 12.1. The Labute approximate surface area is 130 Å². The molecule has 6 heteroatoms. The van der Waals surface area contributed by atoms with E-state index in [-0.39, 0.29) is 6.04 Å². The molecular weight excluding hydrogens is 304 g/mol. The zero-order valence-corrected chi connectivity index (χ0v) is 13.8. The quantitative estimate of drug-likeness (QED) is 0.872. The first-order valence-corrected chi connectivity index (χ1v) is 10.2. The summed E-state index contributed by atoms with van der Waals surface area (Å²) < 4.78 is 27.8. The maximum Gasteiger partial charge on any atom is 0.252 e. The van der Waals surface area contributed by atoms with Gasteiger partial charge >= 0.3 is 0 Å². The van der Waals surface area contributed by atoms with Crippen LogP contribution in [0.3, 0.4) is 0 Å². The first kappa shape index (κ1) is 14.2. The van der Waals surface area contributed by atoms with Crippen molar-refractivity contribution >= 4 is 21.4 Å². The highest BCUT2D eigenvalue weighted by Crippen LogP contribution is 2.41. The predicted octanol–water partition coefficient (Wildman–Crippen LogP) is 2.22. The number of rotatable bonds is 6.